The Balaban J connectivity index is 1.97. The van der Waals surface area contributed by atoms with E-state index < -0.39 is 5.60 Å². The lowest BCUT2D eigenvalue weighted by atomic mass is 9.87. The van der Waals surface area contributed by atoms with Crippen LogP contribution in [-0.2, 0) is 20.7 Å². The number of ether oxygens (including phenoxy) is 1. The van der Waals surface area contributed by atoms with Crippen LogP contribution in [0.4, 0.5) is 0 Å². The summed E-state index contributed by atoms with van der Waals surface area (Å²) in [7, 11) is 0. The number of morpholine rings is 1. The van der Waals surface area contributed by atoms with Crippen LogP contribution in [0.25, 0.3) is 11.1 Å². The molecule has 1 saturated heterocycles. The Kier molecular flexibility index (Phi) is 6.41. The maximum Gasteiger partial charge on any atom is 0.254 e. The van der Waals surface area contributed by atoms with E-state index in [0.29, 0.717) is 32.5 Å². The number of nitrogens with one attached hydrogen (secondary N) is 1. The van der Waals surface area contributed by atoms with Gasteiger partial charge in [0.15, 0.2) is 5.60 Å². The van der Waals surface area contributed by atoms with E-state index in [1.807, 2.05) is 56.4 Å². The van der Waals surface area contributed by atoms with E-state index in [0.717, 1.165) is 16.7 Å². The smallest absolute Gasteiger partial charge is 0.254 e. The summed E-state index contributed by atoms with van der Waals surface area (Å²) in [5.41, 5.74) is 1.90. The molecule has 2 heterocycles. The van der Waals surface area contributed by atoms with Crippen molar-refractivity contribution in [1.29, 1.82) is 0 Å². The zero-order valence-corrected chi connectivity index (χ0v) is 16.5. The van der Waals surface area contributed by atoms with Gasteiger partial charge in [0.1, 0.15) is 0 Å². The molecule has 0 spiro atoms. The fourth-order valence-corrected chi connectivity index (χ4v) is 3.65. The maximum absolute atomic E-state index is 13.0. The minimum atomic E-state index is -1.10. The molecule has 2 amide bonds. The quantitative estimate of drug-likeness (QED) is 0.834. The molecular formula is C22H27N3O3. The van der Waals surface area contributed by atoms with Crippen LogP contribution in [0.3, 0.4) is 0 Å². The Hall–Kier alpha value is -2.73. The van der Waals surface area contributed by atoms with E-state index in [4.69, 9.17) is 4.74 Å². The van der Waals surface area contributed by atoms with Crippen LogP contribution in [0, 0.1) is 0 Å². The second-order valence-electron chi connectivity index (χ2n) is 6.95. The van der Waals surface area contributed by atoms with Crippen molar-refractivity contribution in [2.24, 2.45) is 0 Å². The Morgan fingerprint density at radius 2 is 2.04 bits per heavy atom. The van der Waals surface area contributed by atoms with E-state index in [-0.39, 0.29) is 18.4 Å². The molecule has 0 bridgehead atoms. The summed E-state index contributed by atoms with van der Waals surface area (Å²) in [4.78, 5) is 31.3. The van der Waals surface area contributed by atoms with Gasteiger partial charge >= 0.3 is 0 Å². The first-order valence-corrected chi connectivity index (χ1v) is 9.78. The van der Waals surface area contributed by atoms with Crippen molar-refractivity contribution in [2.45, 2.75) is 32.3 Å². The van der Waals surface area contributed by atoms with Crippen LogP contribution in [0.5, 0.6) is 0 Å². The Labute approximate surface area is 165 Å². The number of hydrogen-bond acceptors (Lipinski definition) is 4. The molecule has 2 aromatic rings. The number of carbonyl (C=O) groups is 2. The van der Waals surface area contributed by atoms with Crippen LogP contribution >= 0.6 is 0 Å². The summed E-state index contributed by atoms with van der Waals surface area (Å²) in [6.45, 7) is 5.34. The number of benzene rings is 1. The van der Waals surface area contributed by atoms with Crippen LogP contribution in [0.15, 0.2) is 48.8 Å². The van der Waals surface area contributed by atoms with E-state index in [9.17, 15) is 9.59 Å². The molecule has 1 aromatic heterocycles. The summed E-state index contributed by atoms with van der Waals surface area (Å²) in [6, 6.07) is 11.9. The molecule has 3 rings (SSSR count). The predicted octanol–water partition coefficient (Wildman–Crippen LogP) is 2.43. The molecule has 148 valence electrons. The van der Waals surface area contributed by atoms with Crippen LogP contribution in [0.1, 0.15) is 25.8 Å². The molecule has 0 unspecified atom stereocenters. The number of pyridine rings is 1. The van der Waals surface area contributed by atoms with Gasteiger partial charge < -0.3 is 15.0 Å². The number of nitrogens with zero attached hydrogens (tertiary/aromatic N) is 2. The van der Waals surface area contributed by atoms with Gasteiger partial charge in [0.05, 0.1) is 13.2 Å². The van der Waals surface area contributed by atoms with E-state index in [1.54, 1.807) is 11.1 Å². The van der Waals surface area contributed by atoms with Gasteiger partial charge in [-0.1, -0.05) is 37.3 Å². The second kappa shape index (κ2) is 8.97. The Morgan fingerprint density at radius 3 is 2.75 bits per heavy atom. The average Bonchev–Trinajstić information content (AvgIpc) is 2.74. The summed E-state index contributed by atoms with van der Waals surface area (Å²) < 4.78 is 6.08. The fraction of sp³-hybridized carbons (Fsp3) is 0.409. The van der Waals surface area contributed by atoms with Crippen LogP contribution in [-0.4, -0.2) is 53.5 Å². The summed E-state index contributed by atoms with van der Waals surface area (Å²) in [5.74, 6) is -0.137. The Bertz CT molecular complexity index is 825. The SMILES string of the molecule is CCNC(=O)[C@]1(Cc2ccccc2-c2cccnc2)CN(C(=O)CC)CCO1. The van der Waals surface area contributed by atoms with Gasteiger partial charge in [-0.15, -0.1) is 0 Å². The van der Waals surface area contributed by atoms with Gasteiger partial charge in [-0.2, -0.15) is 0 Å². The van der Waals surface area contributed by atoms with Crippen molar-refractivity contribution in [3.8, 4) is 11.1 Å². The average molecular weight is 381 g/mol. The number of amides is 2. The molecule has 1 aliphatic rings. The molecule has 6 heteroatoms. The van der Waals surface area contributed by atoms with Gasteiger partial charge in [-0.3, -0.25) is 14.6 Å². The molecule has 0 saturated carbocycles. The molecule has 1 aliphatic heterocycles. The normalized spacial score (nSPS) is 19.3. The third-order valence-corrected chi connectivity index (χ3v) is 5.06. The van der Waals surface area contributed by atoms with Gasteiger partial charge in [0.25, 0.3) is 5.91 Å². The fourth-order valence-electron chi connectivity index (χ4n) is 3.65. The van der Waals surface area contributed by atoms with Gasteiger partial charge in [0.2, 0.25) is 5.91 Å². The summed E-state index contributed by atoms with van der Waals surface area (Å²) >= 11 is 0. The number of hydrogen-bond donors (Lipinski definition) is 1. The molecular weight excluding hydrogens is 354 g/mol. The molecule has 1 fully saturated rings. The molecule has 1 N–H and O–H groups in total. The molecule has 1 aromatic carbocycles. The third-order valence-electron chi connectivity index (χ3n) is 5.06. The van der Waals surface area contributed by atoms with Crippen LogP contribution < -0.4 is 5.32 Å². The lowest BCUT2D eigenvalue weighted by Crippen LogP contribution is -2.62. The number of rotatable bonds is 6. The minimum absolute atomic E-state index is 0.0394. The molecule has 0 radical (unpaired) electrons. The number of carbonyl (C=O) groups excluding carboxylic acids is 2. The minimum Gasteiger partial charge on any atom is -0.361 e. The zero-order valence-electron chi connectivity index (χ0n) is 16.5. The predicted molar refractivity (Wildman–Crippen MR) is 108 cm³/mol. The largest absolute Gasteiger partial charge is 0.361 e. The topological polar surface area (TPSA) is 71.5 Å². The highest BCUT2D eigenvalue weighted by Crippen LogP contribution is 2.30. The number of likely N-dealkylation sites (N-methyl/N-ethyl adjacent to an activating group) is 1. The Morgan fingerprint density at radius 1 is 1.21 bits per heavy atom. The van der Waals surface area contributed by atoms with E-state index in [2.05, 4.69) is 10.3 Å². The highest BCUT2D eigenvalue weighted by atomic mass is 16.5. The first-order chi connectivity index (χ1) is 13.6. The lowest BCUT2D eigenvalue weighted by Gasteiger charge is -2.42. The van der Waals surface area contributed by atoms with Crippen molar-refractivity contribution < 1.29 is 14.3 Å². The monoisotopic (exact) mass is 381 g/mol. The lowest BCUT2D eigenvalue weighted by molar-refractivity contribution is -0.165. The zero-order chi connectivity index (χ0) is 20.0. The maximum atomic E-state index is 13.0. The molecule has 28 heavy (non-hydrogen) atoms. The highest BCUT2D eigenvalue weighted by Gasteiger charge is 2.45. The summed E-state index contributed by atoms with van der Waals surface area (Å²) in [5, 5.41) is 2.90. The van der Waals surface area contributed by atoms with E-state index in [1.165, 1.54) is 0 Å². The van der Waals surface area contributed by atoms with Crippen molar-refractivity contribution in [1.82, 2.24) is 15.2 Å². The van der Waals surface area contributed by atoms with Gasteiger partial charge in [-0.05, 0) is 24.1 Å². The first-order valence-electron chi connectivity index (χ1n) is 9.78. The number of aromatic nitrogens is 1. The summed E-state index contributed by atoms with van der Waals surface area (Å²) in [6.07, 6.45) is 4.35. The van der Waals surface area contributed by atoms with Gasteiger partial charge in [0, 0.05) is 43.9 Å². The van der Waals surface area contributed by atoms with Crippen molar-refractivity contribution >= 4 is 11.8 Å². The first kappa shape index (κ1) is 20.0. The van der Waals surface area contributed by atoms with E-state index >= 15 is 0 Å². The highest BCUT2D eigenvalue weighted by molar-refractivity contribution is 5.87. The standard InChI is InChI=1S/C22H27N3O3/c1-3-20(26)25-12-13-28-22(16-25,21(27)24-4-2)14-17-8-5-6-10-19(17)18-9-7-11-23-15-18/h5-11,15H,3-4,12-14,16H2,1-2H3,(H,24,27)/t22-/m0/s1. The molecule has 0 aliphatic carbocycles. The molecule has 1 atom stereocenters. The van der Waals surface area contributed by atoms with Gasteiger partial charge in [-0.25, -0.2) is 0 Å². The third kappa shape index (κ3) is 4.22. The van der Waals surface area contributed by atoms with Crippen LogP contribution in [0.2, 0.25) is 0 Å². The van der Waals surface area contributed by atoms with Crippen molar-refractivity contribution in [3.05, 3.63) is 54.4 Å². The second-order valence-corrected chi connectivity index (χ2v) is 6.95. The molecule has 6 nitrogen and oxygen atoms in total. The van der Waals surface area contributed by atoms with Crippen molar-refractivity contribution in [3.63, 3.8) is 0 Å². The van der Waals surface area contributed by atoms with Crippen molar-refractivity contribution in [2.75, 3.05) is 26.2 Å².